The van der Waals surface area contributed by atoms with Gasteiger partial charge in [0, 0.05) is 11.8 Å². The summed E-state index contributed by atoms with van der Waals surface area (Å²) in [6, 6.07) is 1.17. The highest BCUT2D eigenvalue weighted by Gasteiger charge is 2.14. The van der Waals surface area contributed by atoms with E-state index in [9.17, 15) is 13.6 Å². The van der Waals surface area contributed by atoms with Crippen LogP contribution in [0, 0.1) is 3.70 Å². The molecule has 0 fully saturated rings. The second-order valence-electron chi connectivity index (χ2n) is 2.59. The van der Waals surface area contributed by atoms with Gasteiger partial charge in [-0.3, -0.25) is 4.79 Å². The monoisotopic (exact) mass is 313 g/mol. The molecule has 0 aliphatic carbocycles. The van der Waals surface area contributed by atoms with E-state index >= 15 is 0 Å². The maximum Gasteiger partial charge on any atom is 0.307 e. The van der Waals surface area contributed by atoms with Gasteiger partial charge in [-0.25, -0.2) is 13.8 Å². The minimum atomic E-state index is -2.62. The van der Waals surface area contributed by atoms with Crippen LogP contribution in [0.2, 0.25) is 0 Å². The van der Waals surface area contributed by atoms with Crippen LogP contribution < -0.4 is 0 Å². The van der Waals surface area contributed by atoms with Crippen molar-refractivity contribution < 1.29 is 18.7 Å². The van der Waals surface area contributed by atoms with Crippen molar-refractivity contribution in [3.05, 3.63) is 27.1 Å². The van der Waals surface area contributed by atoms with E-state index in [-0.39, 0.29) is 21.2 Å². The molecular weight excluding hydrogens is 307 g/mol. The SMILES string of the molecule is O=C(O)Cc1cnc(I)c(C(F)F)c1. The summed E-state index contributed by atoms with van der Waals surface area (Å²) in [6.45, 7) is 0. The molecule has 1 heterocycles. The maximum absolute atomic E-state index is 12.4. The summed E-state index contributed by atoms with van der Waals surface area (Å²) in [5.74, 6) is -1.06. The Labute approximate surface area is 92.3 Å². The summed E-state index contributed by atoms with van der Waals surface area (Å²) in [4.78, 5) is 14.0. The second kappa shape index (κ2) is 4.63. The van der Waals surface area contributed by atoms with Crippen molar-refractivity contribution in [1.82, 2.24) is 4.98 Å². The topological polar surface area (TPSA) is 50.2 Å². The number of nitrogens with zero attached hydrogens (tertiary/aromatic N) is 1. The van der Waals surface area contributed by atoms with Crippen molar-refractivity contribution in [3.8, 4) is 0 Å². The van der Waals surface area contributed by atoms with Crippen LogP contribution in [0.3, 0.4) is 0 Å². The fraction of sp³-hybridized carbons (Fsp3) is 0.250. The van der Waals surface area contributed by atoms with Crippen LogP contribution in [0.1, 0.15) is 17.6 Å². The summed E-state index contributed by atoms with van der Waals surface area (Å²) in [5, 5.41) is 8.45. The van der Waals surface area contributed by atoms with E-state index in [0.29, 0.717) is 0 Å². The Bertz CT molecular complexity index is 357. The molecule has 6 heteroatoms. The first-order valence-corrected chi connectivity index (χ1v) is 4.73. The lowest BCUT2D eigenvalue weighted by molar-refractivity contribution is -0.136. The number of carboxylic acids is 1. The Hall–Kier alpha value is -0.790. The Morgan fingerprint density at radius 2 is 2.29 bits per heavy atom. The van der Waals surface area contributed by atoms with Gasteiger partial charge >= 0.3 is 5.97 Å². The molecule has 1 rings (SSSR count). The number of carbonyl (C=O) groups is 1. The molecule has 0 aliphatic heterocycles. The predicted molar refractivity (Wildman–Crippen MR) is 53.3 cm³/mol. The first-order chi connectivity index (χ1) is 6.50. The first kappa shape index (κ1) is 11.3. The quantitative estimate of drug-likeness (QED) is 0.688. The van der Waals surface area contributed by atoms with Crippen molar-refractivity contribution in [2.24, 2.45) is 0 Å². The third kappa shape index (κ3) is 2.86. The van der Waals surface area contributed by atoms with Crippen LogP contribution >= 0.6 is 22.6 Å². The van der Waals surface area contributed by atoms with E-state index in [1.54, 1.807) is 22.6 Å². The smallest absolute Gasteiger partial charge is 0.307 e. The fourth-order valence-electron chi connectivity index (χ4n) is 0.935. The van der Waals surface area contributed by atoms with Gasteiger partial charge in [-0.1, -0.05) is 0 Å². The lowest BCUT2D eigenvalue weighted by Crippen LogP contribution is -2.03. The normalized spacial score (nSPS) is 10.6. The van der Waals surface area contributed by atoms with Gasteiger partial charge in [0.1, 0.15) is 3.70 Å². The summed E-state index contributed by atoms with van der Waals surface area (Å²) < 4.78 is 24.9. The van der Waals surface area contributed by atoms with Crippen molar-refractivity contribution >= 4 is 28.6 Å². The molecule has 1 aromatic heterocycles. The lowest BCUT2D eigenvalue weighted by Gasteiger charge is -2.04. The number of pyridine rings is 1. The highest BCUT2D eigenvalue weighted by molar-refractivity contribution is 14.1. The molecule has 1 N–H and O–H groups in total. The van der Waals surface area contributed by atoms with E-state index < -0.39 is 12.4 Å². The van der Waals surface area contributed by atoms with Crippen molar-refractivity contribution in [3.63, 3.8) is 0 Å². The third-order valence-corrected chi connectivity index (χ3v) is 2.41. The van der Waals surface area contributed by atoms with Crippen LogP contribution in [0.5, 0.6) is 0 Å². The minimum Gasteiger partial charge on any atom is -0.481 e. The number of halogens is 3. The third-order valence-electron chi connectivity index (χ3n) is 1.51. The van der Waals surface area contributed by atoms with Gasteiger partial charge in [-0.15, -0.1) is 0 Å². The highest BCUT2D eigenvalue weighted by Crippen LogP contribution is 2.23. The molecule has 0 amide bonds. The van der Waals surface area contributed by atoms with Crippen LogP contribution in [0.25, 0.3) is 0 Å². The Morgan fingerprint density at radius 1 is 1.64 bits per heavy atom. The van der Waals surface area contributed by atoms with E-state index in [1.807, 2.05) is 0 Å². The minimum absolute atomic E-state index is 0.201. The molecule has 0 unspecified atom stereocenters. The van der Waals surface area contributed by atoms with Gasteiger partial charge in [-0.2, -0.15) is 0 Å². The average molecular weight is 313 g/mol. The van der Waals surface area contributed by atoms with E-state index in [4.69, 9.17) is 5.11 Å². The molecule has 0 saturated heterocycles. The van der Waals surface area contributed by atoms with E-state index in [1.165, 1.54) is 12.3 Å². The number of hydrogen-bond acceptors (Lipinski definition) is 2. The largest absolute Gasteiger partial charge is 0.481 e. The van der Waals surface area contributed by atoms with Gasteiger partial charge in [0.2, 0.25) is 0 Å². The number of hydrogen-bond donors (Lipinski definition) is 1. The summed E-state index contributed by atoms with van der Waals surface area (Å²) in [7, 11) is 0. The zero-order valence-corrected chi connectivity index (χ0v) is 9.03. The number of rotatable bonds is 3. The Morgan fingerprint density at radius 3 is 2.79 bits per heavy atom. The van der Waals surface area contributed by atoms with Crippen LogP contribution in [0.4, 0.5) is 8.78 Å². The van der Waals surface area contributed by atoms with Gasteiger partial charge in [0.15, 0.2) is 0 Å². The van der Waals surface area contributed by atoms with Gasteiger partial charge in [-0.05, 0) is 34.2 Å². The zero-order chi connectivity index (χ0) is 10.7. The molecule has 0 bridgehead atoms. The van der Waals surface area contributed by atoms with Gasteiger partial charge in [0.25, 0.3) is 6.43 Å². The Balaban J connectivity index is 3.00. The highest BCUT2D eigenvalue weighted by atomic mass is 127. The number of aromatic nitrogens is 1. The molecule has 0 aromatic carbocycles. The van der Waals surface area contributed by atoms with E-state index in [0.717, 1.165) is 0 Å². The number of aliphatic carboxylic acids is 1. The van der Waals surface area contributed by atoms with Gasteiger partial charge < -0.3 is 5.11 Å². The summed E-state index contributed by atoms with van der Waals surface area (Å²) >= 11 is 1.69. The molecule has 76 valence electrons. The number of alkyl halides is 2. The molecule has 0 radical (unpaired) electrons. The van der Waals surface area contributed by atoms with Crippen molar-refractivity contribution in [2.75, 3.05) is 0 Å². The average Bonchev–Trinajstić information content (AvgIpc) is 2.07. The summed E-state index contributed by atoms with van der Waals surface area (Å²) in [6.07, 6.45) is -1.62. The molecule has 0 aliphatic rings. The van der Waals surface area contributed by atoms with E-state index in [2.05, 4.69) is 4.98 Å². The molecule has 14 heavy (non-hydrogen) atoms. The van der Waals surface area contributed by atoms with Crippen LogP contribution in [-0.2, 0) is 11.2 Å². The first-order valence-electron chi connectivity index (χ1n) is 3.65. The lowest BCUT2D eigenvalue weighted by atomic mass is 10.1. The van der Waals surface area contributed by atoms with Crippen LogP contribution in [0.15, 0.2) is 12.3 Å². The maximum atomic E-state index is 12.4. The Kier molecular flexibility index (Phi) is 3.73. The molecule has 1 aromatic rings. The molecule has 0 spiro atoms. The second-order valence-corrected chi connectivity index (χ2v) is 3.62. The molecule has 0 saturated carbocycles. The molecular formula is C8H6F2INO2. The zero-order valence-electron chi connectivity index (χ0n) is 6.88. The predicted octanol–water partition coefficient (Wildman–Crippen LogP) is 2.25. The van der Waals surface area contributed by atoms with Crippen molar-refractivity contribution in [2.45, 2.75) is 12.8 Å². The summed E-state index contributed by atoms with van der Waals surface area (Å²) in [5.41, 5.74) is 0.0672. The van der Waals surface area contributed by atoms with Crippen LogP contribution in [-0.4, -0.2) is 16.1 Å². The van der Waals surface area contributed by atoms with Gasteiger partial charge in [0.05, 0.1) is 6.42 Å². The molecule has 3 nitrogen and oxygen atoms in total. The standard InChI is InChI=1S/C8H6F2INO2/c9-7(10)5-1-4(2-6(13)14)3-12-8(5)11/h1,3,7H,2H2,(H,13,14). The molecule has 0 atom stereocenters. The van der Waals surface area contributed by atoms with Crippen molar-refractivity contribution in [1.29, 1.82) is 0 Å². The number of carboxylic acid groups (broad SMARTS) is 1. The fourth-order valence-corrected chi connectivity index (χ4v) is 1.47.